The number of piperazine rings is 1. The van der Waals surface area contributed by atoms with Crippen molar-refractivity contribution in [2.45, 2.75) is 13.3 Å². The van der Waals surface area contributed by atoms with Crippen LogP contribution in [-0.4, -0.2) is 48.1 Å². The third-order valence-corrected chi connectivity index (χ3v) is 4.14. The monoisotopic (exact) mass is 297 g/mol. The summed E-state index contributed by atoms with van der Waals surface area (Å²) in [5.41, 5.74) is 2.41. The van der Waals surface area contributed by atoms with Gasteiger partial charge in [0.25, 0.3) is 0 Å². The maximum atomic E-state index is 4.43. The van der Waals surface area contributed by atoms with Crippen LogP contribution in [0.25, 0.3) is 0 Å². The Hall–Kier alpha value is -2.14. The number of hydrogen-bond donors (Lipinski definition) is 1. The Morgan fingerprint density at radius 3 is 2.64 bits per heavy atom. The fourth-order valence-electron chi connectivity index (χ4n) is 2.71. The van der Waals surface area contributed by atoms with E-state index in [0.717, 1.165) is 49.9 Å². The van der Waals surface area contributed by atoms with Crippen molar-refractivity contribution in [3.63, 3.8) is 0 Å². The highest BCUT2D eigenvalue weighted by molar-refractivity contribution is 5.62. The molecule has 2 heterocycles. The number of para-hydroxylation sites is 1. The highest BCUT2D eigenvalue weighted by atomic mass is 15.3. The molecule has 0 aliphatic carbocycles. The number of benzene rings is 1. The van der Waals surface area contributed by atoms with Gasteiger partial charge in [-0.1, -0.05) is 25.1 Å². The molecule has 116 valence electrons. The zero-order chi connectivity index (χ0) is 15.4. The van der Waals surface area contributed by atoms with Gasteiger partial charge in [-0.05, 0) is 25.1 Å². The number of anilines is 3. The molecule has 1 saturated heterocycles. The number of rotatable bonds is 4. The Kier molecular flexibility index (Phi) is 4.53. The van der Waals surface area contributed by atoms with E-state index in [9.17, 15) is 0 Å². The van der Waals surface area contributed by atoms with Crippen LogP contribution in [0, 0.1) is 0 Å². The van der Waals surface area contributed by atoms with Gasteiger partial charge < -0.3 is 15.1 Å². The van der Waals surface area contributed by atoms with Gasteiger partial charge in [-0.15, -0.1) is 0 Å². The average molecular weight is 297 g/mol. The summed E-state index contributed by atoms with van der Waals surface area (Å²) < 4.78 is 0. The van der Waals surface area contributed by atoms with Crippen molar-refractivity contribution in [3.05, 3.63) is 42.2 Å². The molecule has 1 N–H and O–H groups in total. The largest absolute Gasteiger partial charge is 0.354 e. The highest BCUT2D eigenvalue weighted by Gasteiger charge is 2.15. The van der Waals surface area contributed by atoms with Crippen LogP contribution in [0.5, 0.6) is 0 Å². The van der Waals surface area contributed by atoms with E-state index in [1.165, 1.54) is 5.56 Å². The Bertz CT molecular complexity index is 620. The summed E-state index contributed by atoms with van der Waals surface area (Å²) in [5, 5.41) is 3.42. The van der Waals surface area contributed by atoms with E-state index in [2.05, 4.69) is 57.3 Å². The number of nitrogens with zero attached hydrogens (tertiary/aromatic N) is 4. The SMILES string of the molecule is CCc1ccccc1Nc1cc(N2CCN(C)CC2)ncn1. The number of aromatic nitrogens is 2. The number of aryl methyl sites for hydroxylation is 1. The van der Waals surface area contributed by atoms with Gasteiger partial charge in [0.1, 0.15) is 18.0 Å². The molecule has 5 heteroatoms. The lowest BCUT2D eigenvalue weighted by molar-refractivity contribution is 0.312. The lowest BCUT2D eigenvalue weighted by Gasteiger charge is -2.33. The predicted octanol–water partition coefficient (Wildman–Crippen LogP) is 2.53. The molecule has 2 aromatic rings. The Balaban J connectivity index is 1.76. The molecule has 0 saturated carbocycles. The van der Waals surface area contributed by atoms with Crippen LogP contribution in [0.3, 0.4) is 0 Å². The lowest BCUT2D eigenvalue weighted by Crippen LogP contribution is -2.44. The predicted molar refractivity (Wildman–Crippen MR) is 90.8 cm³/mol. The highest BCUT2D eigenvalue weighted by Crippen LogP contribution is 2.22. The average Bonchev–Trinajstić information content (AvgIpc) is 2.56. The van der Waals surface area contributed by atoms with Crippen molar-refractivity contribution in [3.8, 4) is 0 Å². The summed E-state index contributed by atoms with van der Waals surface area (Å²) in [5.74, 6) is 1.85. The van der Waals surface area contributed by atoms with Crippen molar-refractivity contribution in [2.24, 2.45) is 0 Å². The van der Waals surface area contributed by atoms with E-state index < -0.39 is 0 Å². The summed E-state index contributed by atoms with van der Waals surface area (Å²) in [6, 6.07) is 10.4. The van der Waals surface area contributed by atoms with Crippen LogP contribution in [0.15, 0.2) is 36.7 Å². The van der Waals surface area contributed by atoms with Gasteiger partial charge >= 0.3 is 0 Å². The molecule has 1 aromatic carbocycles. The standard InChI is InChI=1S/C17H23N5/c1-3-14-6-4-5-7-15(14)20-16-12-17(19-13-18-16)22-10-8-21(2)9-11-22/h4-7,12-13H,3,8-11H2,1-2H3,(H,18,19,20). The molecular weight excluding hydrogens is 274 g/mol. The summed E-state index contributed by atoms with van der Waals surface area (Å²) in [6.45, 7) is 6.34. The summed E-state index contributed by atoms with van der Waals surface area (Å²) in [4.78, 5) is 13.4. The van der Waals surface area contributed by atoms with Crippen LogP contribution in [-0.2, 0) is 6.42 Å². The molecule has 1 fully saturated rings. The third kappa shape index (κ3) is 3.36. The molecule has 1 aliphatic rings. The van der Waals surface area contributed by atoms with E-state index in [0.29, 0.717) is 0 Å². The van der Waals surface area contributed by atoms with Gasteiger partial charge in [0, 0.05) is 37.9 Å². The normalized spacial score (nSPS) is 15.8. The molecular formula is C17H23N5. The van der Waals surface area contributed by atoms with Crippen molar-refractivity contribution in [1.29, 1.82) is 0 Å². The fourth-order valence-corrected chi connectivity index (χ4v) is 2.71. The van der Waals surface area contributed by atoms with E-state index in [1.54, 1.807) is 6.33 Å². The number of hydrogen-bond acceptors (Lipinski definition) is 5. The van der Waals surface area contributed by atoms with E-state index in [-0.39, 0.29) is 0 Å². The first-order chi connectivity index (χ1) is 10.8. The van der Waals surface area contributed by atoms with Crippen LogP contribution in [0.2, 0.25) is 0 Å². The molecule has 3 rings (SSSR count). The first-order valence-electron chi connectivity index (χ1n) is 7.86. The molecule has 0 amide bonds. The van der Waals surface area contributed by atoms with Crippen molar-refractivity contribution in [1.82, 2.24) is 14.9 Å². The molecule has 5 nitrogen and oxygen atoms in total. The van der Waals surface area contributed by atoms with Crippen molar-refractivity contribution < 1.29 is 0 Å². The van der Waals surface area contributed by atoms with Crippen LogP contribution in [0.4, 0.5) is 17.3 Å². The minimum atomic E-state index is 0.852. The topological polar surface area (TPSA) is 44.3 Å². The van der Waals surface area contributed by atoms with Gasteiger partial charge in [-0.2, -0.15) is 0 Å². The molecule has 0 bridgehead atoms. The zero-order valence-electron chi connectivity index (χ0n) is 13.3. The van der Waals surface area contributed by atoms with Gasteiger partial charge in [0.05, 0.1) is 0 Å². The van der Waals surface area contributed by atoms with Gasteiger partial charge in [0.2, 0.25) is 0 Å². The first kappa shape index (κ1) is 14.8. The molecule has 1 aliphatic heterocycles. The van der Waals surface area contributed by atoms with Crippen LogP contribution in [0.1, 0.15) is 12.5 Å². The lowest BCUT2D eigenvalue weighted by atomic mass is 10.1. The fraction of sp³-hybridized carbons (Fsp3) is 0.412. The quantitative estimate of drug-likeness (QED) is 0.939. The molecule has 0 radical (unpaired) electrons. The van der Waals surface area contributed by atoms with Crippen LogP contribution >= 0.6 is 0 Å². The molecule has 22 heavy (non-hydrogen) atoms. The number of nitrogens with one attached hydrogen (secondary N) is 1. The minimum Gasteiger partial charge on any atom is -0.354 e. The van der Waals surface area contributed by atoms with Gasteiger partial charge in [0.15, 0.2) is 0 Å². The Morgan fingerprint density at radius 2 is 1.86 bits per heavy atom. The van der Waals surface area contributed by atoms with E-state index in [4.69, 9.17) is 0 Å². The Labute approximate surface area is 132 Å². The minimum absolute atomic E-state index is 0.852. The van der Waals surface area contributed by atoms with Crippen molar-refractivity contribution in [2.75, 3.05) is 43.4 Å². The van der Waals surface area contributed by atoms with Crippen molar-refractivity contribution >= 4 is 17.3 Å². The zero-order valence-corrected chi connectivity index (χ0v) is 13.3. The molecule has 0 unspecified atom stereocenters. The molecule has 1 aromatic heterocycles. The third-order valence-electron chi connectivity index (χ3n) is 4.14. The second kappa shape index (κ2) is 6.75. The summed E-state index contributed by atoms with van der Waals surface area (Å²) in [6.07, 6.45) is 2.64. The second-order valence-corrected chi connectivity index (χ2v) is 5.69. The van der Waals surface area contributed by atoms with E-state index >= 15 is 0 Å². The summed E-state index contributed by atoms with van der Waals surface area (Å²) >= 11 is 0. The Morgan fingerprint density at radius 1 is 1.09 bits per heavy atom. The smallest absolute Gasteiger partial charge is 0.135 e. The molecule has 0 spiro atoms. The maximum absolute atomic E-state index is 4.43. The summed E-state index contributed by atoms with van der Waals surface area (Å²) in [7, 11) is 2.16. The van der Waals surface area contributed by atoms with Crippen LogP contribution < -0.4 is 10.2 Å². The molecule has 0 atom stereocenters. The maximum Gasteiger partial charge on any atom is 0.135 e. The second-order valence-electron chi connectivity index (χ2n) is 5.69. The van der Waals surface area contributed by atoms with Gasteiger partial charge in [-0.25, -0.2) is 9.97 Å². The number of likely N-dealkylation sites (N-methyl/N-ethyl adjacent to an activating group) is 1. The van der Waals surface area contributed by atoms with E-state index in [1.807, 2.05) is 12.1 Å². The first-order valence-corrected chi connectivity index (χ1v) is 7.86. The van der Waals surface area contributed by atoms with Gasteiger partial charge in [-0.3, -0.25) is 0 Å².